The van der Waals surface area contributed by atoms with Gasteiger partial charge in [-0.05, 0) is 75.6 Å². The number of fused-ring (bicyclic) bond motifs is 3. The molecule has 0 unspecified atom stereocenters. The van der Waals surface area contributed by atoms with E-state index in [9.17, 15) is 9.59 Å². The highest BCUT2D eigenvalue weighted by Gasteiger charge is 2.28. The van der Waals surface area contributed by atoms with Crippen LogP contribution in [0.25, 0.3) is 15.9 Å². The second kappa shape index (κ2) is 9.71. The molecule has 1 amide bonds. The predicted octanol–water partition coefficient (Wildman–Crippen LogP) is 4.92. The summed E-state index contributed by atoms with van der Waals surface area (Å²) < 4.78 is 7.53. The number of hydrogen-bond donors (Lipinski definition) is 0. The van der Waals surface area contributed by atoms with Gasteiger partial charge in [-0.2, -0.15) is 0 Å². The molecule has 1 aliphatic heterocycles. The van der Waals surface area contributed by atoms with Crippen molar-refractivity contribution in [1.29, 1.82) is 0 Å². The van der Waals surface area contributed by atoms with Crippen LogP contribution >= 0.6 is 23.1 Å². The second-order valence-corrected chi connectivity index (χ2v) is 12.2. The van der Waals surface area contributed by atoms with Crippen molar-refractivity contribution in [1.82, 2.24) is 14.5 Å². The molecule has 2 aromatic heterocycles. The van der Waals surface area contributed by atoms with Crippen LogP contribution in [0.5, 0.6) is 0 Å². The van der Waals surface area contributed by atoms with E-state index in [-0.39, 0.29) is 29.4 Å². The lowest BCUT2D eigenvalue weighted by Crippen LogP contribution is -2.48. The smallest absolute Gasteiger partial charge is 0.267 e. The van der Waals surface area contributed by atoms with Gasteiger partial charge in [-0.1, -0.05) is 30.8 Å². The Bertz CT molecular complexity index is 1340. The Labute approximate surface area is 214 Å². The van der Waals surface area contributed by atoms with Gasteiger partial charge in [0.15, 0.2) is 5.16 Å². The van der Waals surface area contributed by atoms with Crippen LogP contribution in [0.2, 0.25) is 0 Å². The van der Waals surface area contributed by atoms with E-state index in [1.54, 1.807) is 15.9 Å². The summed E-state index contributed by atoms with van der Waals surface area (Å²) in [5, 5.41) is 1.36. The summed E-state index contributed by atoms with van der Waals surface area (Å²) in [5.74, 6) is 0.921. The third-order valence-corrected chi connectivity index (χ3v) is 9.07. The monoisotopic (exact) mass is 511 g/mol. The number of rotatable bonds is 4. The molecule has 2 aliphatic rings. The topological polar surface area (TPSA) is 64.4 Å². The summed E-state index contributed by atoms with van der Waals surface area (Å²) in [6.45, 7) is 11.5. The van der Waals surface area contributed by atoms with Crippen molar-refractivity contribution in [3.05, 3.63) is 50.1 Å². The van der Waals surface area contributed by atoms with E-state index in [0.29, 0.717) is 24.2 Å². The quantitative estimate of drug-likeness (QED) is 0.368. The summed E-state index contributed by atoms with van der Waals surface area (Å²) in [6.07, 6.45) is 3.08. The van der Waals surface area contributed by atoms with Gasteiger partial charge < -0.3 is 9.64 Å². The molecule has 1 aromatic carbocycles. The second-order valence-electron chi connectivity index (χ2n) is 10.2. The predicted molar refractivity (Wildman–Crippen MR) is 143 cm³/mol. The molecule has 35 heavy (non-hydrogen) atoms. The third kappa shape index (κ3) is 4.80. The van der Waals surface area contributed by atoms with Gasteiger partial charge in [-0.25, -0.2) is 4.98 Å². The number of carbonyl (C=O) groups excluding carboxylic acids is 1. The number of thiophene rings is 1. The lowest BCUT2D eigenvalue weighted by molar-refractivity contribution is -0.140. The van der Waals surface area contributed by atoms with Crippen LogP contribution in [0.4, 0.5) is 0 Å². The Morgan fingerprint density at radius 2 is 1.94 bits per heavy atom. The number of morpholine rings is 1. The molecular formula is C27H33N3O3S2. The summed E-state index contributed by atoms with van der Waals surface area (Å²) in [7, 11) is 0. The number of ether oxygens (including phenoxy) is 1. The van der Waals surface area contributed by atoms with Gasteiger partial charge in [0.1, 0.15) is 4.83 Å². The van der Waals surface area contributed by atoms with Crippen molar-refractivity contribution in [3.63, 3.8) is 0 Å². The van der Waals surface area contributed by atoms with Gasteiger partial charge in [0.05, 0.1) is 29.0 Å². The fourth-order valence-corrected chi connectivity index (χ4v) is 7.57. The maximum absolute atomic E-state index is 14.1. The highest BCUT2D eigenvalue weighted by Crippen LogP contribution is 2.37. The number of aromatic nitrogens is 2. The first-order valence-corrected chi connectivity index (χ1v) is 14.2. The highest BCUT2D eigenvalue weighted by atomic mass is 32.2. The molecule has 5 rings (SSSR count). The Morgan fingerprint density at radius 1 is 1.20 bits per heavy atom. The molecule has 0 saturated carbocycles. The molecule has 0 spiro atoms. The van der Waals surface area contributed by atoms with Crippen molar-refractivity contribution >= 4 is 39.2 Å². The minimum atomic E-state index is -0.0145. The van der Waals surface area contributed by atoms with Crippen LogP contribution in [0.1, 0.15) is 48.8 Å². The zero-order valence-corrected chi connectivity index (χ0v) is 22.7. The maximum Gasteiger partial charge on any atom is 0.267 e. The van der Waals surface area contributed by atoms with Crippen LogP contribution in [-0.2, 0) is 22.4 Å². The number of amides is 1. The van der Waals surface area contributed by atoms with E-state index in [1.807, 2.05) is 44.7 Å². The first-order chi connectivity index (χ1) is 16.7. The van der Waals surface area contributed by atoms with Crippen molar-refractivity contribution < 1.29 is 9.53 Å². The lowest BCUT2D eigenvalue weighted by Gasteiger charge is -2.35. The van der Waals surface area contributed by atoms with Crippen LogP contribution in [0.15, 0.2) is 28.2 Å². The largest absolute Gasteiger partial charge is 0.372 e. The Balaban J connectivity index is 1.57. The minimum Gasteiger partial charge on any atom is -0.372 e. The van der Waals surface area contributed by atoms with E-state index >= 15 is 0 Å². The first-order valence-electron chi connectivity index (χ1n) is 12.4. The van der Waals surface area contributed by atoms with E-state index < -0.39 is 0 Å². The normalized spacial score (nSPS) is 22.4. The summed E-state index contributed by atoms with van der Waals surface area (Å²) in [5.41, 5.74) is 4.11. The summed E-state index contributed by atoms with van der Waals surface area (Å²) in [6, 6.07) is 6.14. The van der Waals surface area contributed by atoms with E-state index in [1.165, 1.54) is 22.2 Å². The van der Waals surface area contributed by atoms with Crippen molar-refractivity contribution in [2.45, 2.75) is 71.2 Å². The zero-order valence-electron chi connectivity index (χ0n) is 21.1. The van der Waals surface area contributed by atoms with Crippen molar-refractivity contribution in [2.24, 2.45) is 5.92 Å². The molecule has 0 N–H and O–H groups in total. The molecule has 1 saturated heterocycles. The average Bonchev–Trinajstić information content (AvgIpc) is 3.16. The number of carbonyl (C=O) groups is 1. The number of nitrogens with zero attached hydrogens (tertiary/aromatic N) is 3. The number of thioether (sulfide) groups is 1. The van der Waals surface area contributed by atoms with Crippen LogP contribution in [0, 0.1) is 19.8 Å². The van der Waals surface area contributed by atoms with Crippen LogP contribution < -0.4 is 5.56 Å². The van der Waals surface area contributed by atoms with Crippen molar-refractivity contribution in [2.75, 3.05) is 18.8 Å². The molecule has 3 atom stereocenters. The Morgan fingerprint density at radius 3 is 2.69 bits per heavy atom. The molecule has 1 fully saturated rings. The fraction of sp³-hybridized carbons (Fsp3) is 0.519. The van der Waals surface area contributed by atoms with Crippen LogP contribution in [0.3, 0.4) is 0 Å². The molecule has 3 aromatic rings. The molecule has 6 nitrogen and oxygen atoms in total. The van der Waals surface area contributed by atoms with Crippen LogP contribution in [-0.4, -0.2) is 51.4 Å². The molecule has 186 valence electrons. The van der Waals surface area contributed by atoms with Gasteiger partial charge in [0.25, 0.3) is 5.56 Å². The van der Waals surface area contributed by atoms with E-state index in [0.717, 1.165) is 46.3 Å². The Hall–Kier alpha value is -2.16. The Kier molecular flexibility index (Phi) is 6.81. The zero-order chi connectivity index (χ0) is 24.9. The molecule has 1 aliphatic carbocycles. The summed E-state index contributed by atoms with van der Waals surface area (Å²) in [4.78, 5) is 36.2. The van der Waals surface area contributed by atoms with Crippen molar-refractivity contribution in [3.8, 4) is 5.69 Å². The summed E-state index contributed by atoms with van der Waals surface area (Å²) >= 11 is 3.02. The molecule has 8 heteroatoms. The van der Waals surface area contributed by atoms with Gasteiger partial charge in [0, 0.05) is 18.0 Å². The lowest BCUT2D eigenvalue weighted by atomic mass is 9.89. The average molecular weight is 512 g/mol. The molecule has 3 heterocycles. The SMILES string of the molecule is Cc1ccc(C)c(-n2c(SCC(=O)N3C[C@H](C)O[C@@H](C)C3)nc3sc4c(c3c2=O)CC[C@@H](C)C4)c1. The standard InChI is InChI=1S/C27H33N3O3S2/c1-15-6-8-17(3)21(10-15)30-26(32)24-20-9-7-16(2)11-22(20)35-25(24)28-27(30)34-14-23(31)29-12-18(4)33-19(5)13-29/h6,8,10,16,18-19H,7,9,11-14H2,1-5H3/t16-,18+,19+/m1/s1. The van der Waals surface area contributed by atoms with Gasteiger partial charge >= 0.3 is 0 Å². The van der Waals surface area contributed by atoms with Gasteiger partial charge in [-0.3, -0.25) is 14.2 Å². The molecular weight excluding hydrogens is 478 g/mol. The first kappa shape index (κ1) is 24.5. The maximum atomic E-state index is 14.1. The van der Waals surface area contributed by atoms with Gasteiger partial charge in [-0.15, -0.1) is 11.3 Å². The van der Waals surface area contributed by atoms with Gasteiger partial charge in [0.2, 0.25) is 5.91 Å². The van der Waals surface area contributed by atoms with E-state index in [2.05, 4.69) is 13.0 Å². The number of hydrogen-bond acceptors (Lipinski definition) is 6. The highest BCUT2D eigenvalue weighted by molar-refractivity contribution is 7.99. The molecule has 0 radical (unpaired) electrons. The number of aryl methyl sites for hydroxylation is 3. The third-order valence-electron chi connectivity index (χ3n) is 7.00. The van der Waals surface area contributed by atoms with E-state index in [4.69, 9.17) is 9.72 Å². The fourth-order valence-electron chi connectivity index (χ4n) is 5.24. The number of benzene rings is 1. The minimum absolute atomic E-state index is 0.0145. The molecule has 0 bridgehead atoms.